The average molecular weight is 395 g/mol. The van der Waals surface area contributed by atoms with Crippen molar-refractivity contribution in [2.75, 3.05) is 37.7 Å². The van der Waals surface area contributed by atoms with Crippen molar-refractivity contribution >= 4 is 5.69 Å². The lowest BCUT2D eigenvalue weighted by atomic mass is 10.0. The molecule has 0 bridgehead atoms. The molecule has 156 valence electrons. The zero-order valence-corrected chi connectivity index (χ0v) is 17.7. The smallest absolute Gasteiger partial charge is 0.0679 e. The van der Waals surface area contributed by atoms with Gasteiger partial charge < -0.3 is 14.7 Å². The van der Waals surface area contributed by atoms with Crippen LogP contribution in [0.25, 0.3) is 0 Å². The fourth-order valence-corrected chi connectivity index (χ4v) is 4.69. The van der Waals surface area contributed by atoms with Crippen molar-refractivity contribution in [3.05, 3.63) is 65.7 Å². The Labute approximate surface area is 175 Å². The number of aliphatic hydroxyl groups is 1. The van der Waals surface area contributed by atoms with Crippen molar-refractivity contribution < 1.29 is 9.84 Å². The summed E-state index contributed by atoms with van der Waals surface area (Å²) in [6, 6.07) is 20.3. The van der Waals surface area contributed by atoms with Gasteiger partial charge >= 0.3 is 0 Å². The van der Waals surface area contributed by atoms with Crippen LogP contribution in [0, 0.1) is 5.92 Å². The Morgan fingerprint density at radius 3 is 2.52 bits per heavy atom. The number of benzene rings is 2. The number of likely N-dealkylation sites (tertiary alicyclic amines) is 1. The lowest BCUT2D eigenvalue weighted by molar-refractivity contribution is 0.0513. The summed E-state index contributed by atoms with van der Waals surface area (Å²) < 4.78 is 6.09. The fourth-order valence-electron chi connectivity index (χ4n) is 4.69. The van der Waals surface area contributed by atoms with Crippen LogP contribution in [-0.2, 0) is 11.2 Å². The Morgan fingerprint density at radius 2 is 1.79 bits per heavy atom. The molecule has 0 aliphatic carbocycles. The van der Waals surface area contributed by atoms with Crippen molar-refractivity contribution in [3.63, 3.8) is 0 Å². The molecule has 2 aromatic carbocycles. The number of anilines is 1. The van der Waals surface area contributed by atoms with E-state index in [0.29, 0.717) is 18.6 Å². The van der Waals surface area contributed by atoms with Crippen molar-refractivity contribution in [3.8, 4) is 0 Å². The van der Waals surface area contributed by atoms with E-state index in [1.54, 1.807) is 0 Å². The molecule has 29 heavy (non-hydrogen) atoms. The molecule has 2 aliphatic heterocycles. The molecule has 1 N–H and O–H groups in total. The third-order valence-electron chi connectivity index (χ3n) is 6.15. The zero-order valence-electron chi connectivity index (χ0n) is 17.7. The van der Waals surface area contributed by atoms with E-state index in [-0.39, 0.29) is 12.1 Å². The number of ether oxygens (including phenoxy) is 1. The third-order valence-corrected chi connectivity index (χ3v) is 6.15. The molecular formula is C25H34N2O2. The second kappa shape index (κ2) is 9.29. The molecule has 1 saturated heterocycles. The molecular weight excluding hydrogens is 360 g/mol. The van der Waals surface area contributed by atoms with E-state index < -0.39 is 0 Å². The summed E-state index contributed by atoms with van der Waals surface area (Å²) in [5, 5.41) is 10.1. The van der Waals surface area contributed by atoms with E-state index >= 15 is 0 Å². The Bertz CT molecular complexity index is 779. The summed E-state index contributed by atoms with van der Waals surface area (Å²) in [5.41, 5.74) is 4.13. The highest BCUT2D eigenvalue weighted by molar-refractivity contribution is 5.61. The van der Waals surface area contributed by atoms with Crippen LogP contribution in [0.2, 0.25) is 0 Å². The lowest BCUT2D eigenvalue weighted by Crippen LogP contribution is -2.46. The van der Waals surface area contributed by atoms with E-state index in [2.05, 4.69) is 78.2 Å². The van der Waals surface area contributed by atoms with Crippen molar-refractivity contribution in [2.24, 2.45) is 5.92 Å². The average Bonchev–Trinajstić information content (AvgIpc) is 3.31. The highest BCUT2D eigenvalue weighted by Gasteiger charge is 2.35. The van der Waals surface area contributed by atoms with Gasteiger partial charge in [-0.2, -0.15) is 0 Å². The first kappa shape index (κ1) is 20.4. The molecule has 0 aromatic heterocycles. The molecule has 0 radical (unpaired) electrons. The predicted octanol–water partition coefficient (Wildman–Crippen LogP) is 3.90. The summed E-state index contributed by atoms with van der Waals surface area (Å²) >= 11 is 0. The van der Waals surface area contributed by atoms with Gasteiger partial charge in [-0.1, -0.05) is 62.4 Å². The van der Waals surface area contributed by atoms with Crippen molar-refractivity contribution in [2.45, 2.75) is 44.9 Å². The van der Waals surface area contributed by atoms with Gasteiger partial charge in [-0.05, 0) is 36.0 Å². The molecule has 3 unspecified atom stereocenters. The number of β-amino-alcohol motifs (C(OH)–C–C–N with tert-alkyl or cyclic N) is 1. The minimum Gasteiger partial charge on any atom is -0.392 e. The van der Waals surface area contributed by atoms with Crippen LogP contribution >= 0.6 is 0 Å². The van der Waals surface area contributed by atoms with Gasteiger partial charge in [0.05, 0.1) is 24.8 Å². The Kier molecular flexibility index (Phi) is 6.53. The first-order chi connectivity index (χ1) is 14.1. The van der Waals surface area contributed by atoms with Gasteiger partial charge in [0.1, 0.15) is 0 Å². The SMILES string of the molecule is CC(C)COCC(CN1c2ccccc2CC1c1ccccc1)N1CCC(O)C1. The summed E-state index contributed by atoms with van der Waals surface area (Å²) in [6.07, 6.45) is 1.69. The van der Waals surface area contributed by atoms with Crippen LogP contribution in [0.5, 0.6) is 0 Å². The van der Waals surface area contributed by atoms with Crippen LogP contribution < -0.4 is 4.90 Å². The highest BCUT2D eigenvalue weighted by Crippen LogP contribution is 2.40. The summed E-state index contributed by atoms with van der Waals surface area (Å²) in [5.74, 6) is 0.532. The number of aliphatic hydroxyl groups excluding tert-OH is 1. The van der Waals surface area contributed by atoms with E-state index in [1.807, 2.05) is 0 Å². The molecule has 0 saturated carbocycles. The van der Waals surface area contributed by atoms with Gasteiger partial charge in [0, 0.05) is 31.9 Å². The molecule has 4 heteroatoms. The molecule has 2 heterocycles. The van der Waals surface area contributed by atoms with Crippen LogP contribution in [-0.4, -0.2) is 55.0 Å². The number of nitrogens with zero attached hydrogens (tertiary/aromatic N) is 2. The second-order valence-corrected chi connectivity index (χ2v) is 8.93. The normalized spacial score (nSPS) is 23.0. The maximum absolute atomic E-state index is 10.1. The predicted molar refractivity (Wildman–Crippen MR) is 118 cm³/mol. The number of hydrogen-bond donors (Lipinski definition) is 1. The molecule has 2 aliphatic rings. The van der Waals surface area contributed by atoms with Crippen LogP contribution in [0.3, 0.4) is 0 Å². The summed E-state index contributed by atoms with van der Waals surface area (Å²) in [4.78, 5) is 4.99. The van der Waals surface area contributed by atoms with Gasteiger partial charge in [0.25, 0.3) is 0 Å². The number of para-hydroxylation sites is 1. The summed E-state index contributed by atoms with van der Waals surface area (Å²) in [6.45, 7) is 8.50. The third kappa shape index (κ3) is 4.82. The van der Waals surface area contributed by atoms with Gasteiger partial charge in [0.15, 0.2) is 0 Å². The van der Waals surface area contributed by atoms with Gasteiger partial charge in [-0.15, -0.1) is 0 Å². The van der Waals surface area contributed by atoms with E-state index in [4.69, 9.17) is 4.74 Å². The second-order valence-electron chi connectivity index (χ2n) is 8.93. The molecule has 0 amide bonds. The largest absolute Gasteiger partial charge is 0.392 e. The van der Waals surface area contributed by atoms with E-state index in [1.165, 1.54) is 16.8 Å². The number of rotatable bonds is 8. The summed E-state index contributed by atoms with van der Waals surface area (Å²) in [7, 11) is 0. The Balaban J connectivity index is 1.57. The Morgan fingerprint density at radius 1 is 1.03 bits per heavy atom. The molecule has 3 atom stereocenters. The van der Waals surface area contributed by atoms with Crippen molar-refractivity contribution in [1.29, 1.82) is 0 Å². The van der Waals surface area contributed by atoms with Crippen LogP contribution in [0.1, 0.15) is 37.4 Å². The highest BCUT2D eigenvalue weighted by atomic mass is 16.5. The maximum atomic E-state index is 10.1. The molecule has 1 fully saturated rings. The van der Waals surface area contributed by atoms with E-state index in [9.17, 15) is 5.11 Å². The van der Waals surface area contributed by atoms with Gasteiger partial charge in [-0.25, -0.2) is 0 Å². The quantitative estimate of drug-likeness (QED) is 0.737. The zero-order chi connectivity index (χ0) is 20.2. The molecule has 4 nitrogen and oxygen atoms in total. The molecule has 2 aromatic rings. The minimum absolute atomic E-state index is 0.210. The van der Waals surface area contributed by atoms with Crippen LogP contribution in [0.15, 0.2) is 54.6 Å². The first-order valence-corrected chi connectivity index (χ1v) is 11.0. The number of fused-ring (bicyclic) bond motifs is 1. The monoisotopic (exact) mass is 394 g/mol. The van der Waals surface area contributed by atoms with E-state index in [0.717, 1.165) is 39.1 Å². The van der Waals surface area contributed by atoms with Crippen molar-refractivity contribution in [1.82, 2.24) is 4.90 Å². The first-order valence-electron chi connectivity index (χ1n) is 11.0. The van der Waals surface area contributed by atoms with Crippen LogP contribution in [0.4, 0.5) is 5.69 Å². The molecule has 0 spiro atoms. The standard InChI is InChI=1S/C25H34N2O2/c1-19(2)17-29-18-22(26-13-12-23(28)16-26)15-27-24-11-7-6-10-21(24)14-25(27)20-8-4-3-5-9-20/h3-11,19,22-23,25,28H,12-18H2,1-2H3. The van der Waals surface area contributed by atoms with Gasteiger partial charge in [0.2, 0.25) is 0 Å². The Hall–Kier alpha value is -1.88. The maximum Gasteiger partial charge on any atom is 0.0679 e. The minimum atomic E-state index is -0.210. The topological polar surface area (TPSA) is 35.9 Å². The number of hydrogen-bond acceptors (Lipinski definition) is 4. The lowest BCUT2D eigenvalue weighted by Gasteiger charge is -2.36. The molecule has 4 rings (SSSR count). The fraction of sp³-hybridized carbons (Fsp3) is 0.520. The van der Waals surface area contributed by atoms with Gasteiger partial charge in [-0.3, -0.25) is 4.90 Å².